The van der Waals surface area contributed by atoms with Gasteiger partial charge in [0.25, 0.3) is 0 Å². The van der Waals surface area contributed by atoms with E-state index in [0.29, 0.717) is 0 Å². The molecule has 1 aromatic carbocycles. The Kier molecular flexibility index (Phi) is 5.07. The van der Waals surface area contributed by atoms with Crippen molar-refractivity contribution >= 4 is 10.9 Å². The number of nitrogens with zero attached hydrogens (tertiary/aromatic N) is 1. The number of benzene rings is 1. The summed E-state index contributed by atoms with van der Waals surface area (Å²) in [5, 5.41) is 1.29. The van der Waals surface area contributed by atoms with E-state index in [1.54, 1.807) is 7.11 Å². The molecular formula is C18H28N2O. The fourth-order valence-corrected chi connectivity index (χ4v) is 2.49. The van der Waals surface area contributed by atoms with Gasteiger partial charge in [0.15, 0.2) is 0 Å². The van der Waals surface area contributed by atoms with Crippen LogP contribution in [0, 0.1) is 0 Å². The molecule has 21 heavy (non-hydrogen) atoms. The Morgan fingerprint density at radius 2 is 2.05 bits per heavy atom. The average molecular weight is 288 g/mol. The van der Waals surface area contributed by atoms with E-state index in [9.17, 15) is 0 Å². The molecule has 0 saturated heterocycles. The van der Waals surface area contributed by atoms with Crippen LogP contribution in [0.1, 0.15) is 39.2 Å². The lowest BCUT2D eigenvalue weighted by atomic mass is 10.0. The molecule has 0 spiro atoms. The molecule has 1 heterocycles. The molecule has 2 N–H and O–H groups in total. The van der Waals surface area contributed by atoms with Gasteiger partial charge in [-0.3, -0.25) is 0 Å². The number of methoxy groups -OCH3 is 1. The molecule has 0 fully saturated rings. The summed E-state index contributed by atoms with van der Waals surface area (Å²) >= 11 is 0. The summed E-state index contributed by atoms with van der Waals surface area (Å²) in [5.74, 6) is 0. The first-order valence-corrected chi connectivity index (χ1v) is 7.83. The normalized spacial score (nSPS) is 13.8. The van der Waals surface area contributed by atoms with Crippen LogP contribution in [0.25, 0.3) is 10.9 Å². The minimum absolute atomic E-state index is 0.0846. The number of hydrogen-bond donors (Lipinski definition) is 1. The van der Waals surface area contributed by atoms with E-state index in [0.717, 1.165) is 25.8 Å². The highest BCUT2D eigenvalue weighted by atomic mass is 16.5. The van der Waals surface area contributed by atoms with Crippen LogP contribution in [0.2, 0.25) is 0 Å². The Labute approximate surface area is 128 Å². The van der Waals surface area contributed by atoms with Crippen molar-refractivity contribution in [3.63, 3.8) is 0 Å². The first-order chi connectivity index (χ1) is 9.95. The fraction of sp³-hybridized carbons (Fsp3) is 0.556. The van der Waals surface area contributed by atoms with Gasteiger partial charge in [0.1, 0.15) is 0 Å². The lowest BCUT2D eigenvalue weighted by Crippen LogP contribution is -2.24. The van der Waals surface area contributed by atoms with Crippen molar-refractivity contribution in [3.05, 3.63) is 36.0 Å². The summed E-state index contributed by atoms with van der Waals surface area (Å²) in [6, 6.07) is 9.11. The Morgan fingerprint density at radius 1 is 1.29 bits per heavy atom. The zero-order chi connectivity index (χ0) is 15.5. The van der Waals surface area contributed by atoms with Crippen LogP contribution in [0.5, 0.6) is 0 Å². The Hall–Kier alpha value is -1.32. The number of aryl methyl sites for hydroxylation is 1. The van der Waals surface area contributed by atoms with E-state index in [4.69, 9.17) is 10.5 Å². The molecule has 0 amide bonds. The number of aromatic nitrogens is 1. The lowest BCUT2D eigenvalue weighted by Gasteiger charge is -2.23. The van der Waals surface area contributed by atoms with Crippen LogP contribution >= 0.6 is 0 Å². The SMILES string of the molecule is CCC(N)Cc1ccc2ccn(CCC(C)(C)OC)c2c1. The van der Waals surface area contributed by atoms with Crippen molar-refractivity contribution in [2.24, 2.45) is 5.73 Å². The van der Waals surface area contributed by atoms with Gasteiger partial charge in [0.05, 0.1) is 5.60 Å². The number of fused-ring (bicyclic) bond motifs is 1. The molecule has 3 nitrogen and oxygen atoms in total. The molecule has 0 aliphatic heterocycles. The van der Waals surface area contributed by atoms with Crippen molar-refractivity contribution in [2.45, 2.75) is 58.2 Å². The van der Waals surface area contributed by atoms with Crippen molar-refractivity contribution < 1.29 is 4.74 Å². The van der Waals surface area contributed by atoms with Crippen molar-refractivity contribution in [1.29, 1.82) is 0 Å². The summed E-state index contributed by atoms with van der Waals surface area (Å²) in [4.78, 5) is 0. The maximum Gasteiger partial charge on any atom is 0.0639 e. The van der Waals surface area contributed by atoms with Gasteiger partial charge in [-0.15, -0.1) is 0 Å². The predicted octanol–water partition coefficient (Wildman–Crippen LogP) is 3.74. The van der Waals surface area contributed by atoms with Crippen LogP contribution in [0.3, 0.4) is 0 Å². The minimum atomic E-state index is -0.0846. The first-order valence-electron chi connectivity index (χ1n) is 7.83. The second-order valence-electron chi connectivity index (χ2n) is 6.49. The van der Waals surface area contributed by atoms with Crippen LogP contribution < -0.4 is 5.73 Å². The molecule has 0 bridgehead atoms. The first kappa shape index (κ1) is 16.1. The van der Waals surface area contributed by atoms with Gasteiger partial charge in [-0.25, -0.2) is 0 Å². The Bertz CT molecular complexity index is 586. The smallest absolute Gasteiger partial charge is 0.0639 e. The molecule has 0 radical (unpaired) electrons. The molecule has 2 aromatic rings. The van der Waals surface area contributed by atoms with Crippen LogP contribution in [0.15, 0.2) is 30.5 Å². The topological polar surface area (TPSA) is 40.2 Å². The third-order valence-corrected chi connectivity index (χ3v) is 4.37. The van der Waals surface area contributed by atoms with Gasteiger partial charge >= 0.3 is 0 Å². The highest BCUT2D eigenvalue weighted by Gasteiger charge is 2.16. The second-order valence-corrected chi connectivity index (χ2v) is 6.49. The molecule has 2 rings (SSSR count). The van der Waals surface area contributed by atoms with Crippen molar-refractivity contribution in [3.8, 4) is 0 Å². The highest BCUT2D eigenvalue weighted by molar-refractivity contribution is 5.80. The van der Waals surface area contributed by atoms with Gasteiger partial charge in [-0.1, -0.05) is 19.1 Å². The molecule has 1 aromatic heterocycles. The molecule has 116 valence electrons. The van der Waals surface area contributed by atoms with Crippen LogP contribution in [-0.4, -0.2) is 23.3 Å². The maximum absolute atomic E-state index is 6.07. The highest BCUT2D eigenvalue weighted by Crippen LogP contribution is 2.21. The molecule has 3 heteroatoms. The summed E-state index contributed by atoms with van der Waals surface area (Å²) in [6.45, 7) is 7.36. The van der Waals surface area contributed by atoms with Crippen LogP contribution in [0.4, 0.5) is 0 Å². The third kappa shape index (κ3) is 4.08. The summed E-state index contributed by atoms with van der Waals surface area (Å²) in [7, 11) is 1.78. The van der Waals surface area contributed by atoms with E-state index in [1.165, 1.54) is 16.5 Å². The fourth-order valence-electron chi connectivity index (χ4n) is 2.49. The summed E-state index contributed by atoms with van der Waals surface area (Å²) in [6.07, 6.45) is 5.12. The largest absolute Gasteiger partial charge is 0.379 e. The average Bonchev–Trinajstić information content (AvgIpc) is 2.87. The predicted molar refractivity (Wildman–Crippen MR) is 89.6 cm³/mol. The van der Waals surface area contributed by atoms with Gasteiger partial charge in [-0.2, -0.15) is 0 Å². The van der Waals surface area contributed by atoms with Gasteiger partial charge in [-0.05, 0) is 56.2 Å². The number of hydrogen-bond acceptors (Lipinski definition) is 2. The van der Waals surface area contributed by atoms with E-state index in [-0.39, 0.29) is 11.6 Å². The number of nitrogens with two attached hydrogens (primary N) is 1. The maximum atomic E-state index is 6.07. The number of ether oxygens (including phenoxy) is 1. The summed E-state index contributed by atoms with van der Waals surface area (Å²) < 4.78 is 7.83. The molecular weight excluding hydrogens is 260 g/mol. The van der Waals surface area contributed by atoms with E-state index in [2.05, 4.69) is 55.8 Å². The Balaban J connectivity index is 2.18. The standard InChI is InChI=1S/C18H28N2O/c1-5-16(19)12-14-6-7-15-8-10-20(17(15)13-14)11-9-18(2,3)21-4/h6-8,10,13,16H,5,9,11-12,19H2,1-4H3. The quantitative estimate of drug-likeness (QED) is 0.843. The molecule has 1 atom stereocenters. The summed E-state index contributed by atoms with van der Waals surface area (Å²) in [5.41, 5.74) is 8.60. The van der Waals surface area contributed by atoms with Crippen molar-refractivity contribution in [1.82, 2.24) is 4.57 Å². The molecule has 1 unspecified atom stereocenters. The molecule has 0 aliphatic rings. The zero-order valence-electron chi connectivity index (χ0n) is 13.7. The van der Waals surface area contributed by atoms with Gasteiger partial charge < -0.3 is 15.0 Å². The van der Waals surface area contributed by atoms with Crippen LogP contribution in [-0.2, 0) is 17.7 Å². The number of rotatable bonds is 7. The van der Waals surface area contributed by atoms with E-state index < -0.39 is 0 Å². The second kappa shape index (κ2) is 6.63. The van der Waals surface area contributed by atoms with E-state index >= 15 is 0 Å². The monoisotopic (exact) mass is 288 g/mol. The van der Waals surface area contributed by atoms with Gasteiger partial charge in [0.2, 0.25) is 0 Å². The molecule has 0 aliphatic carbocycles. The Morgan fingerprint density at radius 3 is 2.71 bits per heavy atom. The minimum Gasteiger partial charge on any atom is -0.379 e. The molecule has 0 saturated carbocycles. The zero-order valence-corrected chi connectivity index (χ0v) is 13.7. The third-order valence-electron chi connectivity index (χ3n) is 4.37. The van der Waals surface area contributed by atoms with Crippen molar-refractivity contribution in [2.75, 3.05) is 7.11 Å². The van der Waals surface area contributed by atoms with E-state index in [1.807, 2.05) is 0 Å². The van der Waals surface area contributed by atoms with Gasteiger partial charge in [0, 0.05) is 31.4 Å². The lowest BCUT2D eigenvalue weighted by molar-refractivity contribution is 0.0123.